The van der Waals surface area contributed by atoms with E-state index < -0.39 is 23.3 Å². The number of carbonyl (C=O) groups excluding carboxylic acids is 1. The number of hydrogen-bond donors (Lipinski definition) is 0. The van der Waals surface area contributed by atoms with E-state index in [-0.39, 0.29) is 5.69 Å². The van der Waals surface area contributed by atoms with Crippen LogP contribution in [0.25, 0.3) is 5.69 Å². The van der Waals surface area contributed by atoms with Crippen molar-refractivity contribution >= 4 is 5.97 Å². The van der Waals surface area contributed by atoms with E-state index in [0.717, 1.165) is 12.1 Å². The lowest BCUT2D eigenvalue weighted by molar-refractivity contribution is -0.255. The van der Waals surface area contributed by atoms with Gasteiger partial charge in [0.05, 0.1) is 17.2 Å². The van der Waals surface area contributed by atoms with Crippen molar-refractivity contribution in [2.24, 2.45) is 0 Å². The van der Waals surface area contributed by atoms with Crippen molar-refractivity contribution in [2.75, 3.05) is 0 Å². The fourth-order valence-electron chi connectivity index (χ4n) is 1.51. The fourth-order valence-corrected chi connectivity index (χ4v) is 1.51. The van der Waals surface area contributed by atoms with Crippen molar-refractivity contribution in [3.63, 3.8) is 0 Å². The summed E-state index contributed by atoms with van der Waals surface area (Å²) in [5.74, 6) is -1.87. The van der Waals surface area contributed by atoms with Crippen molar-refractivity contribution in [1.29, 1.82) is 0 Å². The molecule has 0 aliphatic heterocycles. The Kier molecular flexibility index (Phi) is 2.82. The molecule has 0 saturated heterocycles. The van der Waals surface area contributed by atoms with E-state index in [1.165, 1.54) is 23.1 Å². The van der Waals surface area contributed by atoms with Crippen LogP contribution in [-0.4, -0.2) is 15.7 Å². The number of carboxylic acids is 1. The lowest BCUT2D eigenvalue weighted by Gasteiger charge is -2.15. The predicted octanol–water partition coefficient (Wildman–Crippen LogP) is 1.25. The van der Waals surface area contributed by atoms with Gasteiger partial charge in [-0.2, -0.15) is 18.3 Å². The smallest absolute Gasteiger partial charge is 0.417 e. The molecule has 0 aliphatic rings. The number of alkyl halides is 3. The van der Waals surface area contributed by atoms with Crippen LogP contribution in [0, 0.1) is 0 Å². The number of aromatic carboxylic acids is 1. The van der Waals surface area contributed by atoms with Gasteiger partial charge in [0.15, 0.2) is 0 Å². The van der Waals surface area contributed by atoms with Crippen LogP contribution in [0.5, 0.6) is 0 Å². The molecule has 7 heteroatoms. The maximum atomic E-state index is 12.7. The summed E-state index contributed by atoms with van der Waals surface area (Å²) in [6, 6.07) is 4.35. The zero-order valence-corrected chi connectivity index (χ0v) is 8.81. The first-order valence-electron chi connectivity index (χ1n) is 4.82. The predicted molar refractivity (Wildman–Crippen MR) is 52.9 cm³/mol. The molecule has 0 unspecified atom stereocenters. The number of nitrogens with zero attached hydrogens (tertiary/aromatic N) is 2. The van der Waals surface area contributed by atoms with Gasteiger partial charge in [-0.1, -0.05) is 6.07 Å². The molecule has 4 nitrogen and oxygen atoms in total. The summed E-state index contributed by atoms with van der Waals surface area (Å²) < 4.78 is 39.3. The van der Waals surface area contributed by atoms with Gasteiger partial charge in [-0.05, 0) is 18.2 Å². The van der Waals surface area contributed by atoms with Crippen molar-refractivity contribution in [1.82, 2.24) is 9.78 Å². The van der Waals surface area contributed by atoms with Crippen molar-refractivity contribution in [2.45, 2.75) is 6.18 Å². The Morgan fingerprint density at radius 2 is 2.06 bits per heavy atom. The van der Waals surface area contributed by atoms with Gasteiger partial charge in [-0.3, -0.25) is 0 Å². The molecule has 1 aromatic carbocycles. The summed E-state index contributed by atoms with van der Waals surface area (Å²) in [6.07, 6.45) is -1.91. The van der Waals surface area contributed by atoms with Gasteiger partial charge in [0.2, 0.25) is 0 Å². The molecule has 0 spiro atoms. The van der Waals surface area contributed by atoms with Crippen LogP contribution in [0.2, 0.25) is 0 Å². The molecule has 1 heterocycles. The van der Waals surface area contributed by atoms with Gasteiger partial charge < -0.3 is 9.90 Å². The van der Waals surface area contributed by atoms with E-state index >= 15 is 0 Å². The van der Waals surface area contributed by atoms with Gasteiger partial charge in [0, 0.05) is 18.0 Å². The molecule has 2 rings (SSSR count). The zero-order valence-electron chi connectivity index (χ0n) is 8.81. The second-order valence-corrected chi connectivity index (χ2v) is 3.47. The summed E-state index contributed by atoms with van der Waals surface area (Å²) in [5, 5.41) is 14.4. The van der Waals surface area contributed by atoms with Crippen LogP contribution >= 0.6 is 0 Å². The third kappa shape index (κ3) is 2.20. The topological polar surface area (TPSA) is 57.9 Å². The highest BCUT2D eigenvalue weighted by Gasteiger charge is 2.34. The molecule has 0 amide bonds. The minimum absolute atomic E-state index is 0.123. The van der Waals surface area contributed by atoms with Crippen LogP contribution in [0.4, 0.5) is 13.2 Å². The standard InChI is InChI=1S/C11H7F3N2O2/c12-11(13,14)9-6-7(16-5-1-4-15-16)2-3-8(9)10(17)18/h1-6H,(H,17,18)/p-1. The van der Waals surface area contributed by atoms with Crippen LogP contribution in [0.1, 0.15) is 15.9 Å². The fraction of sp³-hybridized carbons (Fsp3) is 0.0909. The average molecular weight is 255 g/mol. The first-order valence-corrected chi connectivity index (χ1v) is 4.82. The Hall–Kier alpha value is -2.31. The average Bonchev–Trinajstić information content (AvgIpc) is 2.80. The molecule has 18 heavy (non-hydrogen) atoms. The highest BCUT2D eigenvalue weighted by molar-refractivity contribution is 5.88. The quantitative estimate of drug-likeness (QED) is 0.811. The molecule has 0 saturated carbocycles. The Morgan fingerprint density at radius 1 is 1.33 bits per heavy atom. The second kappa shape index (κ2) is 4.17. The third-order valence-corrected chi connectivity index (χ3v) is 2.30. The first kappa shape index (κ1) is 12.2. The largest absolute Gasteiger partial charge is 0.545 e. The molecule has 0 fully saturated rings. The van der Waals surface area contributed by atoms with E-state index in [9.17, 15) is 23.1 Å². The van der Waals surface area contributed by atoms with E-state index in [1.807, 2.05) is 0 Å². The molecular weight excluding hydrogens is 249 g/mol. The molecule has 1 aromatic heterocycles. The Morgan fingerprint density at radius 3 is 2.56 bits per heavy atom. The van der Waals surface area contributed by atoms with Crippen molar-refractivity contribution < 1.29 is 23.1 Å². The van der Waals surface area contributed by atoms with E-state index in [2.05, 4.69) is 5.10 Å². The molecule has 0 aliphatic carbocycles. The molecule has 2 aromatic rings. The molecule has 0 radical (unpaired) electrons. The maximum Gasteiger partial charge on any atom is 0.417 e. The molecule has 0 N–H and O–H groups in total. The summed E-state index contributed by atoms with van der Waals surface area (Å²) >= 11 is 0. The number of carbonyl (C=O) groups is 1. The van der Waals surface area contributed by atoms with Gasteiger partial charge in [-0.25, -0.2) is 4.68 Å². The van der Waals surface area contributed by atoms with E-state index in [1.54, 1.807) is 6.07 Å². The summed E-state index contributed by atoms with van der Waals surface area (Å²) in [4.78, 5) is 10.6. The SMILES string of the molecule is O=C([O-])c1ccc(-n2cccn2)cc1C(F)(F)F. The highest BCUT2D eigenvalue weighted by Crippen LogP contribution is 2.33. The van der Waals surface area contributed by atoms with Gasteiger partial charge in [-0.15, -0.1) is 0 Å². The number of rotatable bonds is 2. The number of hydrogen-bond acceptors (Lipinski definition) is 3. The normalized spacial score (nSPS) is 11.5. The molecular formula is C11H6F3N2O2-. The number of carboxylic acid groups (broad SMARTS) is 1. The minimum Gasteiger partial charge on any atom is -0.545 e. The molecule has 94 valence electrons. The van der Waals surface area contributed by atoms with E-state index in [4.69, 9.17) is 0 Å². The van der Waals surface area contributed by atoms with Crippen LogP contribution in [0.15, 0.2) is 36.7 Å². The Labute approximate surface area is 99.3 Å². The minimum atomic E-state index is -4.77. The Bertz CT molecular complexity index is 576. The highest BCUT2D eigenvalue weighted by atomic mass is 19.4. The molecule has 0 atom stereocenters. The summed E-state index contributed by atoms with van der Waals surface area (Å²) in [7, 11) is 0. The van der Waals surface area contributed by atoms with Gasteiger partial charge in [0.1, 0.15) is 0 Å². The van der Waals surface area contributed by atoms with Crippen LogP contribution in [-0.2, 0) is 6.18 Å². The monoisotopic (exact) mass is 255 g/mol. The Balaban J connectivity index is 2.60. The van der Waals surface area contributed by atoms with Crippen molar-refractivity contribution in [3.05, 3.63) is 47.8 Å². The number of benzene rings is 1. The zero-order chi connectivity index (χ0) is 13.3. The number of aromatic nitrogens is 2. The third-order valence-electron chi connectivity index (χ3n) is 2.30. The van der Waals surface area contributed by atoms with E-state index in [0.29, 0.717) is 0 Å². The van der Waals surface area contributed by atoms with Crippen LogP contribution < -0.4 is 5.11 Å². The lowest BCUT2D eigenvalue weighted by atomic mass is 10.1. The van der Waals surface area contributed by atoms with Gasteiger partial charge in [0.25, 0.3) is 0 Å². The maximum absolute atomic E-state index is 12.7. The summed E-state index contributed by atoms with van der Waals surface area (Å²) in [5.41, 5.74) is -2.02. The molecule has 0 bridgehead atoms. The first-order chi connectivity index (χ1) is 8.39. The van der Waals surface area contributed by atoms with Crippen molar-refractivity contribution in [3.8, 4) is 5.69 Å². The number of halogens is 3. The lowest BCUT2D eigenvalue weighted by Crippen LogP contribution is -2.26. The van der Waals surface area contributed by atoms with Crippen LogP contribution in [0.3, 0.4) is 0 Å². The second-order valence-electron chi connectivity index (χ2n) is 3.47. The van der Waals surface area contributed by atoms with Gasteiger partial charge >= 0.3 is 6.18 Å². The summed E-state index contributed by atoms with van der Waals surface area (Å²) in [6.45, 7) is 0.